The topological polar surface area (TPSA) is 47.0 Å². The number of rotatable bonds is 5. The predicted molar refractivity (Wildman–Crippen MR) is 68.8 cm³/mol. The number of halogens is 1. The molecule has 0 bridgehead atoms. The summed E-state index contributed by atoms with van der Waals surface area (Å²) in [4.78, 5) is 8.40. The molecule has 0 spiro atoms. The molecule has 1 aromatic heterocycles. The minimum atomic E-state index is 0.551. The first-order chi connectivity index (χ1) is 7.54. The maximum Gasteiger partial charge on any atom is 0.232 e. The average Bonchev–Trinajstić information content (AvgIpc) is 2.27. The fraction of sp³-hybridized carbons (Fsp3) is 0.636. The summed E-state index contributed by atoms with van der Waals surface area (Å²) >= 11 is 3.32. The summed E-state index contributed by atoms with van der Waals surface area (Å²) in [5, 5.41) is 3.20. The standard InChI is InChI=1S/C11H18BrN3O/c1-7(2)8(3)5-13-11-14-6-9(12)10(15-11)16-4/h6-8H,5H2,1-4H3,(H,13,14,15). The van der Waals surface area contributed by atoms with Gasteiger partial charge in [-0.05, 0) is 27.8 Å². The van der Waals surface area contributed by atoms with Crippen LogP contribution in [0.1, 0.15) is 20.8 Å². The van der Waals surface area contributed by atoms with Crippen molar-refractivity contribution >= 4 is 21.9 Å². The summed E-state index contributed by atoms with van der Waals surface area (Å²) < 4.78 is 5.86. The van der Waals surface area contributed by atoms with Crippen LogP contribution in [0.4, 0.5) is 5.95 Å². The Hall–Kier alpha value is -0.840. The van der Waals surface area contributed by atoms with Gasteiger partial charge in [0.15, 0.2) is 0 Å². The number of nitrogens with zero attached hydrogens (tertiary/aromatic N) is 2. The Kier molecular flexibility index (Phi) is 4.99. The van der Waals surface area contributed by atoms with Gasteiger partial charge >= 0.3 is 0 Å². The highest BCUT2D eigenvalue weighted by molar-refractivity contribution is 9.10. The predicted octanol–water partition coefficient (Wildman–Crippen LogP) is 2.95. The van der Waals surface area contributed by atoms with Crippen molar-refractivity contribution < 1.29 is 4.74 Å². The summed E-state index contributed by atoms with van der Waals surface area (Å²) in [5.74, 6) is 2.38. The second-order valence-corrected chi connectivity index (χ2v) is 5.01. The Labute approximate surface area is 105 Å². The lowest BCUT2D eigenvalue weighted by molar-refractivity contribution is 0.394. The molecule has 0 amide bonds. The van der Waals surface area contributed by atoms with Gasteiger partial charge in [0.05, 0.1) is 17.8 Å². The van der Waals surface area contributed by atoms with E-state index >= 15 is 0 Å². The van der Waals surface area contributed by atoms with Crippen LogP contribution in [0.5, 0.6) is 5.88 Å². The molecule has 1 N–H and O–H groups in total. The first-order valence-corrected chi connectivity index (χ1v) is 6.14. The van der Waals surface area contributed by atoms with Crippen LogP contribution >= 0.6 is 15.9 Å². The first-order valence-electron chi connectivity index (χ1n) is 5.35. The molecule has 0 aliphatic rings. The van der Waals surface area contributed by atoms with Crippen molar-refractivity contribution in [2.45, 2.75) is 20.8 Å². The molecular formula is C11H18BrN3O. The van der Waals surface area contributed by atoms with Gasteiger partial charge in [0, 0.05) is 6.54 Å². The SMILES string of the molecule is COc1nc(NCC(C)C(C)C)ncc1Br. The molecule has 1 aromatic rings. The molecule has 1 atom stereocenters. The number of methoxy groups -OCH3 is 1. The van der Waals surface area contributed by atoms with Gasteiger partial charge in [0.25, 0.3) is 0 Å². The van der Waals surface area contributed by atoms with Gasteiger partial charge in [0.1, 0.15) is 0 Å². The highest BCUT2D eigenvalue weighted by Gasteiger charge is 2.09. The zero-order valence-corrected chi connectivity index (χ0v) is 11.7. The first kappa shape index (κ1) is 13.2. The monoisotopic (exact) mass is 287 g/mol. The van der Waals surface area contributed by atoms with Crippen LogP contribution < -0.4 is 10.1 Å². The van der Waals surface area contributed by atoms with Crippen LogP contribution in [-0.2, 0) is 0 Å². The fourth-order valence-electron chi connectivity index (χ4n) is 1.07. The molecule has 0 aliphatic heterocycles. The van der Waals surface area contributed by atoms with E-state index < -0.39 is 0 Å². The van der Waals surface area contributed by atoms with Gasteiger partial charge in [-0.1, -0.05) is 20.8 Å². The lowest BCUT2D eigenvalue weighted by Crippen LogP contribution is -2.17. The van der Waals surface area contributed by atoms with E-state index in [2.05, 4.69) is 52.0 Å². The lowest BCUT2D eigenvalue weighted by Gasteiger charge is -2.16. The van der Waals surface area contributed by atoms with Gasteiger partial charge in [-0.25, -0.2) is 4.98 Å². The Balaban J connectivity index is 2.61. The summed E-state index contributed by atoms with van der Waals surface area (Å²) in [7, 11) is 1.59. The largest absolute Gasteiger partial charge is 0.480 e. The molecule has 0 aromatic carbocycles. The molecule has 0 saturated heterocycles. The van der Waals surface area contributed by atoms with Crippen molar-refractivity contribution in [1.29, 1.82) is 0 Å². The Morgan fingerprint density at radius 1 is 1.44 bits per heavy atom. The number of hydrogen-bond donors (Lipinski definition) is 1. The quantitative estimate of drug-likeness (QED) is 0.905. The molecule has 5 heteroatoms. The molecule has 0 saturated carbocycles. The molecule has 90 valence electrons. The smallest absolute Gasteiger partial charge is 0.232 e. The number of ether oxygens (including phenoxy) is 1. The summed E-state index contributed by atoms with van der Waals surface area (Å²) in [6.45, 7) is 7.47. The van der Waals surface area contributed by atoms with Crippen molar-refractivity contribution in [1.82, 2.24) is 9.97 Å². The van der Waals surface area contributed by atoms with Crippen molar-refractivity contribution in [3.63, 3.8) is 0 Å². The van der Waals surface area contributed by atoms with Crippen LogP contribution in [0, 0.1) is 11.8 Å². The highest BCUT2D eigenvalue weighted by atomic mass is 79.9. The fourth-order valence-corrected chi connectivity index (χ4v) is 1.42. The Bertz CT molecular complexity index is 344. The van der Waals surface area contributed by atoms with Crippen LogP contribution in [-0.4, -0.2) is 23.6 Å². The number of aromatic nitrogens is 2. The third kappa shape index (κ3) is 3.63. The second kappa shape index (κ2) is 6.03. The van der Waals surface area contributed by atoms with Crippen LogP contribution in [0.3, 0.4) is 0 Å². The third-order valence-electron chi connectivity index (χ3n) is 2.63. The maximum absolute atomic E-state index is 5.10. The average molecular weight is 288 g/mol. The molecule has 1 unspecified atom stereocenters. The van der Waals surface area contributed by atoms with E-state index in [0.717, 1.165) is 11.0 Å². The van der Waals surface area contributed by atoms with Crippen LogP contribution in [0.25, 0.3) is 0 Å². The van der Waals surface area contributed by atoms with E-state index in [1.165, 1.54) is 0 Å². The van der Waals surface area contributed by atoms with Crippen LogP contribution in [0.2, 0.25) is 0 Å². The minimum absolute atomic E-state index is 0.551. The second-order valence-electron chi connectivity index (χ2n) is 4.15. The maximum atomic E-state index is 5.10. The highest BCUT2D eigenvalue weighted by Crippen LogP contribution is 2.22. The molecular weight excluding hydrogens is 270 g/mol. The number of anilines is 1. The van der Waals surface area contributed by atoms with E-state index in [0.29, 0.717) is 23.7 Å². The zero-order chi connectivity index (χ0) is 12.1. The summed E-state index contributed by atoms with van der Waals surface area (Å²) in [6, 6.07) is 0. The van der Waals surface area contributed by atoms with Crippen molar-refractivity contribution in [2.24, 2.45) is 11.8 Å². The molecule has 1 rings (SSSR count). The van der Waals surface area contributed by atoms with E-state index in [4.69, 9.17) is 4.74 Å². The Morgan fingerprint density at radius 2 is 2.12 bits per heavy atom. The number of nitrogens with one attached hydrogen (secondary N) is 1. The van der Waals surface area contributed by atoms with E-state index in [9.17, 15) is 0 Å². The van der Waals surface area contributed by atoms with Gasteiger partial charge in [0.2, 0.25) is 11.8 Å². The minimum Gasteiger partial charge on any atom is -0.480 e. The van der Waals surface area contributed by atoms with E-state index in [1.807, 2.05) is 0 Å². The molecule has 0 radical (unpaired) electrons. The molecule has 1 heterocycles. The van der Waals surface area contributed by atoms with Gasteiger partial charge in [-0.2, -0.15) is 4.98 Å². The van der Waals surface area contributed by atoms with Crippen molar-refractivity contribution in [2.75, 3.05) is 19.0 Å². The molecule has 16 heavy (non-hydrogen) atoms. The summed E-state index contributed by atoms with van der Waals surface area (Å²) in [5.41, 5.74) is 0. The van der Waals surface area contributed by atoms with Gasteiger partial charge in [-0.15, -0.1) is 0 Å². The molecule has 4 nitrogen and oxygen atoms in total. The zero-order valence-electron chi connectivity index (χ0n) is 10.1. The Morgan fingerprint density at radius 3 is 2.69 bits per heavy atom. The van der Waals surface area contributed by atoms with E-state index in [1.54, 1.807) is 13.3 Å². The van der Waals surface area contributed by atoms with Gasteiger partial charge in [-0.3, -0.25) is 0 Å². The molecule has 0 aliphatic carbocycles. The van der Waals surface area contributed by atoms with Gasteiger partial charge < -0.3 is 10.1 Å². The van der Waals surface area contributed by atoms with Crippen molar-refractivity contribution in [3.05, 3.63) is 10.7 Å². The van der Waals surface area contributed by atoms with Crippen LogP contribution in [0.15, 0.2) is 10.7 Å². The normalized spacial score (nSPS) is 12.6. The summed E-state index contributed by atoms with van der Waals surface area (Å²) in [6.07, 6.45) is 1.69. The van der Waals surface area contributed by atoms with E-state index in [-0.39, 0.29) is 0 Å². The third-order valence-corrected chi connectivity index (χ3v) is 3.17. The number of hydrogen-bond acceptors (Lipinski definition) is 4. The molecule has 0 fully saturated rings. The lowest BCUT2D eigenvalue weighted by atomic mass is 9.98. The van der Waals surface area contributed by atoms with Crippen molar-refractivity contribution in [3.8, 4) is 5.88 Å².